The summed E-state index contributed by atoms with van der Waals surface area (Å²) in [6.45, 7) is 0. The Balaban J connectivity index is 1.38. The van der Waals surface area contributed by atoms with Gasteiger partial charge in [-0.3, -0.25) is 0 Å². The highest BCUT2D eigenvalue weighted by Crippen LogP contribution is 2.39. The first-order valence-electron chi connectivity index (χ1n) is 13.7. The maximum Gasteiger partial charge on any atom is 0.161 e. The first-order chi connectivity index (χ1) is 20.3. The molecule has 0 saturated carbocycles. The van der Waals surface area contributed by atoms with E-state index in [1.165, 1.54) is 16.3 Å². The molecule has 0 aliphatic rings. The van der Waals surface area contributed by atoms with E-state index in [0.717, 1.165) is 55.6 Å². The second kappa shape index (κ2) is 9.58. The van der Waals surface area contributed by atoms with Crippen molar-refractivity contribution >= 4 is 32.7 Å². The van der Waals surface area contributed by atoms with Gasteiger partial charge in [-0.1, -0.05) is 115 Å². The van der Waals surface area contributed by atoms with Crippen molar-refractivity contribution < 1.29 is 4.42 Å². The minimum absolute atomic E-state index is 0.674. The van der Waals surface area contributed by atoms with E-state index in [1.54, 1.807) is 0 Å². The minimum Gasteiger partial charge on any atom is -0.456 e. The minimum atomic E-state index is 0.674. The third-order valence-corrected chi connectivity index (χ3v) is 7.68. The van der Waals surface area contributed by atoms with Crippen molar-refractivity contribution in [3.63, 3.8) is 0 Å². The van der Waals surface area contributed by atoms with Gasteiger partial charge in [0.05, 0.1) is 11.4 Å². The number of furan rings is 1. The summed E-state index contributed by atoms with van der Waals surface area (Å²) in [5.41, 5.74) is 8.81. The normalized spacial score (nSPS) is 11.4. The molecule has 2 heterocycles. The van der Waals surface area contributed by atoms with Gasteiger partial charge in [0, 0.05) is 27.5 Å². The number of aromatic nitrogens is 2. The summed E-state index contributed by atoms with van der Waals surface area (Å²) in [7, 11) is 0. The van der Waals surface area contributed by atoms with E-state index in [9.17, 15) is 0 Å². The van der Waals surface area contributed by atoms with Crippen LogP contribution < -0.4 is 0 Å². The van der Waals surface area contributed by atoms with E-state index in [4.69, 9.17) is 14.4 Å². The van der Waals surface area contributed by atoms with E-state index < -0.39 is 0 Å². The summed E-state index contributed by atoms with van der Waals surface area (Å²) >= 11 is 0. The van der Waals surface area contributed by atoms with Crippen LogP contribution >= 0.6 is 0 Å². The molecule has 3 heteroatoms. The Kier molecular flexibility index (Phi) is 5.46. The Bertz CT molecular complexity index is 2200. The summed E-state index contributed by atoms with van der Waals surface area (Å²) in [4.78, 5) is 10.3. The topological polar surface area (TPSA) is 38.9 Å². The fraction of sp³-hybridized carbons (Fsp3) is 0. The predicted octanol–water partition coefficient (Wildman–Crippen LogP) is 10.2. The zero-order chi connectivity index (χ0) is 27.2. The molecule has 0 unspecified atom stereocenters. The summed E-state index contributed by atoms with van der Waals surface area (Å²) < 4.78 is 6.33. The molecule has 41 heavy (non-hydrogen) atoms. The van der Waals surface area contributed by atoms with Crippen LogP contribution in [0.5, 0.6) is 0 Å². The van der Waals surface area contributed by atoms with Crippen LogP contribution in [0.25, 0.3) is 77.7 Å². The molecule has 8 rings (SSSR count). The molecule has 3 nitrogen and oxygen atoms in total. The number of fused-ring (bicyclic) bond motifs is 4. The van der Waals surface area contributed by atoms with Crippen molar-refractivity contribution in [2.24, 2.45) is 0 Å². The molecule has 0 fully saturated rings. The third-order valence-electron chi connectivity index (χ3n) is 7.68. The van der Waals surface area contributed by atoms with E-state index in [0.29, 0.717) is 5.82 Å². The van der Waals surface area contributed by atoms with Crippen molar-refractivity contribution in [1.29, 1.82) is 0 Å². The molecule has 8 aromatic rings. The van der Waals surface area contributed by atoms with Crippen molar-refractivity contribution in [2.45, 2.75) is 0 Å². The maximum absolute atomic E-state index is 6.33. The van der Waals surface area contributed by atoms with Crippen molar-refractivity contribution in [3.05, 3.63) is 146 Å². The molecule has 0 atom stereocenters. The van der Waals surface area contributed by atoms with Crippen LogP contribution in [-0.4, -0.2) is 9.97 Å². The van der Waals surface area contributed by atoms with Gasteiger partial charge in [-0.05, 0) is 52.2 Å². The van der Waals surface area contributed by atoms with Gasteiger partial charge < -0.3 is 4.42 Å². The van der Waals surface area contributed by atoms with Gasteiger partial charge >= 0.3 is 0 Å². The van der Waals surface area contributed by atoms with Crippen molar-refractivity contribution in [1.82, 2.24) is 9.97 Å². The second-order valence-electron chi connectivity index (χ2n) is 10.2. The number of rotatable bonds is 4. The molecule has 0 saturated heterocycles. The van der Waals surface area contributed by atoms with Gasteiger partial charge in [0.2, 0.25) is 0 Å². The summed E-state index contributed by atoms with van der Waals surface area (Å²) in [5, 5.41) is 4.47. The summed E-state index contributed by atoms with van der Waals surface area (Å²) in [6.07, 6.45) is 0. The fourth-order valence-corrected chi connectivity index (χ4v) is 5.64. The van der Waals surface area contributed by atoms with E-state index in [2.05, 4.69) is 109 Å². The summed E-state index contributed by atoms with van der Waals surface area (Å²) in [6, 6.07) is 50.3. The van der Waals surface area contributed by atoms with Gasteiger partial charge in [0.1, 0.15) is 11.2 Å². The number of nitrogens with zero attached hydrogens (tertiary/aromatic N) is 2. The van der Waals surface area contributed by atoms with E-state index in [-0.39, 0.29) is 0 Å². The molecule has 0 amide bonds. The highest BCUT2D eigenvalue weighted by molar-refractivity contribution is 6.12. The lowest BCUT2D eigenvalue weighted by Crippen LogP contribution is -1.96. The Morgan fingerprint density at radius 1 is 0.415 bits per heavy atom. The average molecular weight is 525 g/mol. The van der Waals surface area contributed by atoms with Gasteiger partial charge in [0.25, 0.3) is 0 Å². The predicted molar refractivity (Wildman–Crippen MR) is 169 cm³/mol. The molecule has 0 aliphatic carbocycles. The second-order valence-corrected chi connectivity index (χ2v) is 10.2. The lowest BCUT2D eigenvalue weighted by molar-refractivity contribution is 0.669. The van der Waals surface area contributed by atoms with Gasteiger partial charge in [-0.15, -0.1) is 0 Å². The lowest BCUT2D eigenvalue weighted by Gasteiger charge is -2.11. The monoisotopic (exact) mass is 524 g/mol. The number of hydrogen-bond donors (Lipinski definition) is 0. The van der Waals surface area contributed by atoms with Crippen LogP contribution in [0.4, 0.5) is 0 Å². The molecule has 0 aliphatic heterocycles. The standard InChI is InChI=1S/C38H24N2O/c1-3-10-25(11-4-1)29-20-21-35-32(23-29)37-31(16-9-17-36(37)41-35)38-39-33(27-13-5-2-6-14-27)24-34(40-38)30-19-18-26-12-7-8-15-28(26)22-30/h1-24H. The summed E-state index contributed by atoms with van der Waals surface area (Å²) in [5.74, 6) is 0.674. The van der Waals surface area contributed by atoms with Crippen molar-refractivity contribution in [2.75, 3.05) is 0 Å². The molecule has 0 radical (unpaired) electrons. The Hall–Kier alpha value is -5.54. The first-order valence-corrected chi connectivity index (χ1v) is 13.7. The maximum atomic E-state index is 6.33. The quantitative estimate of drug-likeness (QED) is 0.230. The molecular weight excluding hydrogens is 500 g/mol. The highest BCUT2D eigenvalue weighted by Gasteiger charge is 2.17. The van der Waals surface area contributed by atoms with Crippen LogP contribution in [0.3, 0.4) is 0 Å². The molecule has 192 valence electrons. The van der Waals surface area contributed by atoms with Crippen LogP contribution in [0.15, 0.2) is 150 Å². The number of benzene rings is 6. The van der Waals surface area contributed by atoms with Crippen LogP contribution in [-0.2, 0) is 0 Å². The molecule has 0 N–H and O–H groups in total. The van der Waals surface area contributed by atoms with E-state index in [1.807, 2.05) is 36.4 Å². The Morgan fingerprint density at radius 2 is 1.10 bits per heavy atom. The molecule has 0 spiro atoms. The largest absolute Gasteiger partial charge is 0.456 e. The molecule has 2 aromatic heterocycles. The van der Waals surface area contributed by atoms with Gasteiger partial charge in [0.15, 0.2) is 5.82 Å². The lowest BCUT2D eigenvalue weighted by atomic mass is 10.00. The molecular formula is C38H24N2O. The Morgan fingerprint density at radius 3 is 1.90 bits per heavy atom. The number of hydrogen-bond acceptors (Lipinski definition) is 3. The van der Waals surface area contributed by atoms with Crippen LogP contribution in [0, 0.1) is 0 Å². The average Bonchev–Trinajstić information content (AvgIpc) is 3.43. The van der Waals surface area contributed by atoms with Crippen molar-refractivity contribution in [3.8, 4) is 45.0 Å². The SMILES string of the molecule is c1ccc(-c2ccc3oc4cccc(-c5nc(-c6ccccc6)cc(-c6ccc7ccccc7c6)n5)c4c3c2)cc1. The van der Waals surface area contributed by atoms with Gasteiger partial charge in [-0.2, -0.15) is 0 Å². The fourth-order valence-electron chi connectivity index (χ4n) is 5.64. The smallest absolute Gasteiger partial charge is 0.161 e. The molecule has 6 aromatic carbocycles. The Labute approximate surface area is 237 Å². The van der Waals surface area contributed by atoms with Crippen LogP contribution in [0.1, 0.15) is 0 Å². The van der Waals surface area contributed by atoms with E-state index >= 15 is 0 Å². The van der Waals surface area contributed by atoms with Crippen LogP contribution in [0.2, 0.25) is 0 Å². The zero-order valence-corrected chi connectivity index (χ0v) is 22.2. The van der Waals surface area contributed by atoms with Gasteiger partial charge in [-0.25, -0.2) is 9.97 Å². The zero-order valence-electron chi connectivity index (χ0n) is 22.2. The first kappa shape index (κ1) is 23.4. The molecule has 0 bridgehead atoms. The highest BCUT2D eigenvalue weighted by atomic mass is 16.3. The third kappa shape index (κ3) is 4.16.